The standard InChI is InChI=1S/C13H21N3O3/c1-9(2)6-10(8-14)15-12-7-11(19-3)4-5-13(12)16(17)18/h4-5,7,9-10,15H,6,8,14H2,1-3H3. The molecule has 106 valence electrons. The molecule has 0 amide bonds. The molecule has 1 aromatic rings. The van der Waals surface area contributed by atoms with Gasteiger partial charge in [0.2, 0.25) is 0 Å². The van der Waals surface area contributed by atoms with Crippen molar-refractivity contribution in [2.45, 2.75) is 26.3 Å². The third-order valence-corrected chi connectivity index (χ3v) is 2.80. The molecule has 0 saturated carbocycles. The van der Waals surface area contributed by atoms with Crippen molar-refractivity contribution in [3.63, 3.8) is 0 Å². The van der Waals surface area contributed by atoms with Gasteiger partial charge in [0.15, 0.2) is 0 Å². The minimum Gasteiger partial charge on any atom is -0.497 e. The van der Waals surface area contributed by atoms with Gasteiger partial charge in [0, 0.05) is 24.7 Å². The minimum absolute atomic E-state index is 0.00538. The number of nitrogens with zero attached hydrogens (tertiary/aromatic N) is 1. The predicted octanol–water partition coefficient (Wildman–Crippen LogP) is 2.39. The Morgan fingerprint density at radius 2 is 2.16 bits per heavy atom. The van der Waals surface area contributed by atoms with Gasteiger partial charge in [-0.25, -0.2) is 0 Å². The van der Waals surface area contributed by atoms with Gasteiger partial charge in [0.25, 0.3) is 5.69 Å². The predicted molar refractivity (Wildman–Crippen MR) is 75.6 cm³/mol. The van der Waals surface area contributed by atoms with Gasteiger partial charge in [0.1, 0.15) is 11.4 Å². The van der Waals surface area contributed by atoms with Crippen LogP contribution in [0.25, 0.3) is 0 Å². The van der Waals surface area contributed by atoms with Gasteiger partial charge >= 0.3 is 0 Å². The lowest BCUT2D eigenvalue weighted by atomic mass is 10.0. The van der Waals surface area contributed by atoms with E-state index in [2.05, 4.69) is 19.2 Å². The van der Waals surface area contributed by atoms with E-state index < -0.39 is 4.92 Å². The zero-order valence-corrected chi connectivity index (χ0v) is 11.6. The number of nitrogens with one attached hydrogen (secondary N) is 1. The van der Waals surface area contributed by atoms with Crippen LogP contribution < -0.4 is 15.8 Å². The first-order valence-electron chi connectivity index (χ1n) is 6.27. The van der Waals surface area contributed by atoms with Crippen LogP contribution >= 0.6 is 0 Å². The third kappa shape index (κ3) is 4.40. The lowest BCUT2D eigenvalue weighted by Gasteiger charge is -2.20. The Labute approximate surface area is 113 Å². The molecule has 3 N–H and O–H groups in total. The van der Waals surface area contributed by atoms with Gasteiger partial charge < -0.3 is 15.8 Å². The highest BCUT2D eigenvalue weighted by atomic mass is 16.6. The van der Waals surface area contributed by atoms with Crippen molar-refractivity contribution in [2.24, 2.45) is 11.7 Å². The van der Waals surface area contributed by atoms with E-state index >= 15 is 0 Å². The summed E-state index contributed by atoms with van der Waals surface area (Å²) in [4.78, 5) is 10.6. The van der Waals surface area contributed by atoms with Gasteiger partial charge in [-0.2, -0.15) is 0 Å². The smallest absolute Gasteiger partial charge is 0.292 e. The summed E-state index contributed by atoms with van der Waals surface area (Å²) in [6.07, 6.45) is 0.852. The van der Waals surface area contributed by atoms with Crippen molar-refractivity contribution < 1.29 is 9.66 Å². The summed E-state index contributed by atoms with van der Waals surface area (Å²) < 4.78 is 5.09. The molecule has 0 bridgehead atoms. The zero-order valence-electron chi connectivity index (χ0n) is 11.6. The van der Waals surface area contributed by atoms with Crippen LogP contribution in [0.15, 0.2) is 18.2 Å². The SMILES string of the molecule is COc1ccc([N+](=O)[O-])c(NC(CN)CC(C)C)c1. The molecule has 6 heteroatoms. The summed E-state index contributed by atoms with van der Waals surface area (Å²) in [5, 5.41) is 14.1. The highest BCUT2D eigenvalue weighted by Gasteiger charge is 2.18. The van der Waals surface area contributed by atoms with E-state index in [0.29, 0.717) is 23.9 Å². The van der Waals surface area contributed by atoms with Crippen LogP contribution in [0.3, 0.4) is 0 Å². The summed E-state index contributed by atoms with van der Waals surface area (Å²) in [5.41, 5.74) is 6.18. The fraction of sp³-hybridized carbons (Fsp3) is 0.538. The maximum absolute atomic E-state index is 11.0. The number of hydrogen-bond acceptors (Lipinski definition) is 5. The fourth-order valence-electron chi connectivity index (χ4n) is 1.92. The second kappa shape index (κ2) is 6.94. The zero-order chi connectivity index (χ0) is 14.4. The van der Waals surface area contributed by atoms with Crippen molar-refractivity contribution in [3.05, 3.63) is 28.3 Å². The number of nitro groups is 1. The Hall–Kier alpha value is -1.82. The largest absolute Gasteiger partial charge is 0.497 e. The molecule has 0 aromatic heterocycles. The van der Waals surface area contributed by atoms with Gasteiger partial charge in [-0.3, -0.25) is 10.1 Å². The number of hydrogen-bond donors (Lipinski definition) is 2. The second-order valence-electron chi connectivity index (χ2n) is 4.85. The molecule has 1 atom stereocenters. The van der Waals surface area contributed by atoms with Crippen molar-refractivity contribution >= 4 is 11.4 Å². The lowest BCUT2D eigenvalue weighted by molar-refractivity contribution is -0.384. The number of methoxy groups -OCH3 is 1. The molecule has 0 spiro atoms. The van der Waals surface area contributed by atoms with Crippen LogP contribution in [-0.2, 0) is 0 Å². The van der Waals surface area contributed by atoms with Crippen LogP contribution in [0.5, 0.6) is 5.75 Å². The van der Waals surface area contributed by atoms with E-state index in [1.165, 1.54) is 13.2 Å². The number of nitrogens with two attached hydrogens (primary N) is 1. The topological polar surface area (TPSA) is 90.4 Å². The second-order valence-corrected chi connectivity index (χ2v) is 4.85. The minimum atomic E-state index is -0.412. The van der Waals surface area contributed by atoms with Gasteiger partial charge in [0.05, 0.1) is 12.0 Å². The summed E-state index contributed by atoms with van der Waals surface area (Å²) in [7, 11) is 1.53. The van der Waals surface area contributed by atoms with Crippen LogP contribution in [0.2, 0.25) is 0 Å². The third-order valence-electron chi connectivity index (χ3n) is 2.80. The Balaban J connectivity index is 2.98. The molecule has 0 saturated heterocycles. The Morgan fingerprint density at radius 3 is 2.63 bits per heavy atom. The number of ether oxygens (including phenoxy) is 1. The number of rotatable bonds is 7. The molecular formula is C13H21N3O3. The molecule has 0 aliphatic rings. The maximum atomic E-state index is 11.0. The fourth-order valence-corrected chi connectivity index (χ4v) is 1.92. The first-order chi connectivity index (χ1) is 8.97. The van der Waals surface area contributed by atoms with Crippen LogP contribution in [0, 0.1) is 16.0 Å². The molecule has 19 heavy (non-hydrogen) atoms. The normalized spacial score (nSPS) is 12.3. The van der Waals surface area contributed by atoms with Gasteiger partial charge in [-0.1, -0.05) is 13.8 Å². The molecule has 0 heterocycles. The molecule has 1 aromatic carbocycles. The van der Waals surface area contributed by atoms with Crippen LogP contribution in [0.1, 0.15) is 20.3 Å². The number of benzene rings is 1. The quantitative estimate of drug-likeness (QED) is 0.584. The van der Waals surface area contributed by atoms with Gasteiger partial charge in [-0.15, -0.1) is 0 Å². The van der Waals surface area contributed by atoms with E-state index in [1.54, 1.807) is 12.1 Å². The molecule has 1 unspecified atom stereocenters. The van der Waals surface area contributed by atoms with Crippen molar-refractivity contribution in [3.8, 4) is 5.75 Å². The Bertz CT molecular complexity index is 435. The van der Waals surface area contributed by atoms with Crippen LogP contribution in [0.4, 0.5) is 11.4 Å². The van der Waals surface area contributed by atoms with Crippen molar-refractivity contribution in [1.82, 2.24) is 0 Å². The summed E-state index contributed by atoms with van der Waals surface area (Å²) in [6, 6.07) is 4.64. The van der Waals surface area contributed by atoms with E-state index in [9.17, 15) is 10.1 Å². The lowest BCUT2D eigenvalue weighted by Crippen LogP contribution is -2.30. The summed E-state index contributed by atoms with van der Waals surface area (Å²) in [5.74, 6) is 1.04. The van der Waals surface area contributed by atoms with Crippen molar-refractivity contribution in [1.29, 1.82) is 0 Å². The van der Waals surface area contributed by atoms with Gasteiger partial charge in [-0.05, 0) is 18.4 Å². The average Bonchev–Trinajstić information content (AvgIpc) is 2.36. The summed E-state index contributed by atoms with van der Waals surface area (Å²) >= 11 is 0. The van der Waals surface area contributed by atoms with E-state index in [4.69, 9.17) is 10.5 Å². The van der Waals surface area contributed by atoms with E-state index in [-0.39, 0.29) is 11.7 Å². The number of anilines is 1. The molecule has 0 aliphatic heterocycles. The summed E-state index contributed by atoms with van der Waals surface area (Å²) in [6.45, 7) is 4.60. The highest BCUT2D eigenvalue weighted by molar-refractivity contribution is 5.64. The van der Waals surface area contributed by atoms with E-state index in [0.717, 1.165) is 6.42 Å². The molecule has 1 rings (SSSR count). The van der Waals surface area contributed by atoms with Crippen LogP contribution in [-0.4, -0.2) is 24.6 Å². The van der Waals surface area contributed by atoms with E-state index in [1.807, 2.05) is 0 Å². The number of nitro benzene ring substituents is 1. The Kier molecular flexibility index (Phi) is 5.57. The molecule has 0 radical (unpaired) electrons. The molecular weight excluding hydrogens is 246 g/mol. The first kappa shape index (κ1) is 15.2. The molecule has 6 nitrogen and oxygen atoms in total. The van der Waals surface area contributed by atoms with Crippen molar-refractivity contribution in [2.75, 3.05) is 19.0 Å². The monoisotopic (exact) mass is 267 g/mol. The maximum Gasteiger partial charge on any atom is 0.292 e. The highest BCUT2D eigenvalue weighted by Crippen LogP contribution is 2.29. The first-order valence-corrected chi connectivity index (χ1v) is 6.27. The Morgan fingerprint density at radius 1 is 1.47 bits per heavy atom. The molecule has 0 fully saturated rings. The molecule has 0 aliphatic carbocycles. The average molecular weight is 267 g/mol.